The van der Waals surface area contributed by atoms with Crippen molar-refractivity contribution in [3.63, 3.8) is 0 Å². The lowest BCUT2D eigenvalue weighted by Gasteiger charge is -2.10. The van der Waals surface area contributed by atoms with Gasteiger partial charge in [0.25, 0.3) is 0 Å². The maximum absolute atomic E-state index is 11.9. The minimum atomic E-state index is 0.192. The maximum atomic E-state index is 11.9. The van der Waals surface area contributed by atoms with E-state index >= 15 is 0 Å². The van der Waals surface area contributed by atoms with E-state index in [-0.39, 0.29) is 5.78 Å². The molecule has 1 atom stereocenters. The van der Waals surface area contributed by atoms with Gasteiger partial charge in [-0.1, -0.05) is 73.2 Å². The summed E-state index contributed by atoms with van der Waals surface area (Å²) in [5.41, 5.74) is 3.64. The third-order valence-electron chi connectivity index (χ3n) is 3.73. The van der Waals surface area contributed by atoms with E-state index in [9.17, 15) is 4.79 Å². The topological polar surface area (TPSA) is 17.1 Å². The average Bonchev–Trinajstić information content (AvgIpc) is 2.52. The van der Waals surface area contributed by atoms with Gasteiger partial charge >= 0.3 is 0 Å². The number of hydrogen-bond acceptors (Lipinski definition) is 1. The number of hydrogen-bond donors (Lipinski definition) is 0. The predicted octanol–water partition coefficient (Wildman–Crippen LogP) is 5.16. The predicted molar refractivity (Wildman–Crippen MR) is 89.3 cm³/mol. The van der Waals surface area contributed by atoms with E-state index in [1.807, 2.05) is 36.4 Å². The first-order valence-electron chi connectivity index (χ1n) is 7.47. The summed E-state index contributed by atoms with van der Waals surface area (Å²) < 4.78 is 0. The number of benzene rings is 2. The molecule has 2 rings (SSSR count). The SMILES string of the molecule is Cc1ccc([C@@H](C)CCC(=O)/C=C/c2ccccc2)cc1. The molecule has 0 aliphatic carbocycles. The Morgan fingerprint density at radius 3 is 2.38 bits per heavy atom. The zero-order chi connectivity index (χ0) is 15.1. The molecule has 0 saturated heterocycles. The molecule has 0 saturated carbocycles. The van der Waals surface area contributed by atoms with Crippen LogP contribution in [0.15, 0.2) is 60.7 Å². The highest BCUT2D eigenvalue weighted by Gasteiger charge is 2.07. The standard InChI is InChI=1S/C20H22O/c1-16-8-12-19(13-9-16)17(2)10-14-20(21)15-11-18-6-4-3-5-7-18/h3-9,11-13,15,17H,10,14H2,1-2H3/b15-11+/t17-/m0/s1. The Morgan fingerprint density at radius 2 is 1.71 bits per heavy atom. The molecule has 2 aromatic rings. The molecule has 0 amide bonds. The summed E-state index contributed by atoms with van der Waals surface area (Å²) in [6, 6.07) is 18.5. The van der Waals surface area contributed by atoms with E-state index in [0.29, 0.717) is 12.3 Å². The van der Waals surface area contributed by atoms with E-state index < -0.39 is 0 Å². The number of allylic oxidation sites excluding steroid dienone is 1. The lowest BCUT2D eigenvalue weighted by molar-refractivity contribution is -0.114. The Morgan fingerprint density at radius 1 is 1.05 bits per heavy atom. The first-order valence-corrected chi connectivity index (χ1v) is 7.47. The van der Waals surface area contributed by atoms with Crippen LogP contribution in [0.5, 0.6) is 0 Å². The van der Waals surface area contributed by atoms with Crippen LogP contribution in [0.1, 0.15) is 42.4 Å². The van der Waals surface area contributed by atoms with Gasteiger partial charge in [0.2, 0.25) is 0 Å². The normalized spacial score (nSPS) is 12.5. The van der Waals surface area contributed by atoms with Gasteiger partial charge in [0.1, 0.15) is 0 Å². The van der Waals surface area contributed by atoms with Crippen LogP contribution in [0.2, 0.25) is 0 Å². The van der Waals surface area contributed by atoms with Crippen molar-refractivity contribution < 1.29 is 4.79 Å². The maximum Gasteiger partial charge on any atom is 0.155 e. The van der Waals surface area contributed by atoms with Crippen molar-refractivity contribution >= 4 is 11.9 Å². The summed E-state index contributed by atoms with van der Waals surface area (Å²) in [5.74, 6) is 0.609. The second-order valence-corrected chi connectivity index (χ2v) is 5.56. The van der Waals surface area contributed by atoms with Gasteiger partial charge in [-0.25, -0.2) is 0 Å². The van der Waals surface area contributed by atoms with Crippen molar-refractivity contribution in [2.75, 3.05) is 0 Å². The van der Waals surface area contributed by atoms with E-state index in [2.05, 4.69) is 38.1 Å². The largest absolute Gasteiger partial charge is 0.295 e. The molecule has 0 aliphatic rings. The molecule has 0 spiro atoms. The summed E-state index contributed by atoms with van der Waals surface area (Å²) in [7, 11) is 0. The fourth-order valence-electron chi connectivity index (χ4n) is 2.26. The van der Waals surface area contributed by atoms with Crippen LogP contribution in [0.25, 0.3) is 6.08 Å². The van der Waals surface area contributed by atoms with Gasteiger partial charge in [-0.15, -0.1) is 0 Å². The van der Waals surface area contributed by atoms with Gasteiger partial charge in [-0.2, -0.15) is 0 Å². The van der Waals surface area contributed by atoms with Gasteiger partial charge in [0, 0.05) is 6.42 Å². The van der Waals surface area contributed by atoms with Crippen LogP contribution in [0.4, 0.5) is 0 Å². The van der Waals surface area contributed by atoms with Crippen LogP contribution in [-0.4, -0.2) is 5.78 Å². The van der Waals surface area contributed by atoms with Gasteiger partial charge in [0.05, 0.1) is 0 Å². The van der Waals surface area contributed by atoms with Crippen molar-refractivity contribution in [1.29, 1.82) is 0 Å². The van der Waals surface area contributed by atoms with Crippen molar-refractivity contribution in [2.24, 2.45) is 0 Å². The minimum absolute atomic E-state index is 0.192. The molecule has 0 aliphatic heterocycles. The van der Waals surface area contributed by atoms with Crippen LogP contribution >= 0.6 is 0 Å². The quantitative estimate of drug-likeness (QED) is 0.667. The van der Waals surface area contributed by atoms with Crippen molar-refractivity contribution in [2.45, 2.75) is 32.6 Å². The molecule has 1 heteroatoms. The van der Waals surface area contributed by atoms with E-state index in [0.717, 1.165) is 12.0 Å². The Balaban J connectivity index is 1.83. The lowest BCUT2D eigenvalue weighted by atomic mass is 9.94. The fourth-order valence-corrected chi connectivity index (χ4v) is 2.26. The van der Waals surface area contributed by atoms with Crippen molar-refractivity contribution in [3.05, 3.63) is 77.4 Å². The first-order chi connectivity index (χ1) is 10.1. The van der Waals surface area contributed by atoms with Crippen LogP contribution in [0.3, 0.4) is 0 Å². The Kier molecular flexibility index (Phi) is 5.51. The van der Waals surface area contributed by atoms with E-state index in [4.69, 9.17) is 0 Å². The van der Waals surface area contributed by atoms with Crippen LogP contribution < -0.4 is 0 Å². The molecule has 0 heterocycles. The number of carbonyl (C=O) groups is 1. The second-order valence-electron chi connectivity index (χ2n) is 5.56. The average molecular weight is 278 g/mol. The third kappa shape index (κ3) is 5.03. The number of ketones is 1. The smallest absolute Gasteiger partial charge is 0.155 e. The Bertz CT molecular complexity index is 593. The van der Waals surface area contributed by atoms with Gasteiger partial charge < -0.3 is 0 Å². The summed E-state index contributed by atoms with van der Waals surface area (Å²) >= 11 is 0. The highest BCUT2D eigenvalue weighted by Crippen LogP contribution is 2.21. The molecule has 0 bridgehead atoms. The lowest BCUT2D eigenvalue weighted by Crippen LogP contribution is -1.99. The highest BCUT2D eigenvalue weighted by molar-refractivity contribution is 5.93. The number of carbonyl (C=O) groups excluding carboxylic acids is 1. The molecule has 0 unspecified atom stereocenters. The Hall–Kier alpha value is -2.15. The van der Waals surface area contributed by atoms with Gasteiger partial charge in [-0.3, -0.25) is 4.79 Å². The minimum Gasteiger partial charge on any atom is -0.295 e. The number of aryl methyl sites for hydroxylation is 1. The first kappa shape index (κ1) is 15.2. The zero-order valence-electron chi connectivity index (χ0n) is 12.8. The second kappa shape index (κ2) is 7.58. The molecular formula is C20H22O. The zero-order valence-corrected chi connectivity index (χ0v) is 12.8. The van der Waals surface area contributed by atoms with E-state index in [1.54, 1.807) is 6.08 Å². The fraction of sp³-hybridized carbons (Fsp3) is 0.250. The molecular weight excluding hydrogens is 256 g/mol. The van der Waals surface area contributed by atoms with Crippen molar-refractivity contribution in [1.82, 2.24) is 0 Å². The van der Waals surface area contributed by atoms with E-state index in [1.165, 1.54) is 11.1 Å². The summed E-state index contributed by atoms with van der Waals surface area (Å²) in [5, 5.41) is 0. The molecule has 21 heavy (non-hydrogen) atoms. The molecule has 2 aromatic carbocycles. The van der Waals surface area contributed by atoms with Crippen LogP contribution in [0, 0.1) is 6.92 Å². The van der Waals surface area contributed by atoms with Crippen molar-refractivity contribution in [3.8, 4) is 0 Å². The molecule has 108 valence electrons. The van der Waals surface area contributed by atoms with Crippen LogP contribution in [-0.2, 0) is 4.79 Å². The highest BCUT2D eigenvalue weighted by atomic mass is 16.1. The van der Waals surface area contributed by atoms with Gasteiger partial charge in [-0.05, 0) is 36.5 Å². The third-order valence-corrected chi connectivity index (χ3v) is 3.73. The number of rotatable bonds is 6. The van der Waals surface area contributed by atoms with Gasteiger partial charge in [0.15, 0.2) is 5.78 Å². The molecule has 0 aromatic heterocycles. The Labute approximate surface area is 127 Å². The molecule has 0 N–H and O–H groups in total. The molecule has 1 nitrogen and oxygen atoms in total. The monoisotopic (exact) mass is 278 g/mol. The summed E-state index contributed by atoms with van der Waals surface area (Å²) in [4.78, 5) is 11.9. The molecule has 0 fully saturated rings. The molecule has 0 radical (unpaired) electrons. The summed E-state index contributed by atoms with van der Waals surface area (Å²) in [6.45, 7) is 4.27. The summed E-state index contributed by atoms with van der Waals surface area (Å²) in [6.07, 6.45) is 5.06.